The van der Waals surface area contributed by atoms with Crippen molar-refractivity contribution in [3.05, 3.63) is 280 Å². The van der Waals surface area contributed by atoms with Gasteiger partial charge in [-0.05, 0) is 151 Å². The van der Waals surface area contributed by atoms with E-state index in [-0.39, 0.29) is 115 Å². The molecule has 772 valence electrons. The quantitative estimate of drug-likeness (QED) is 0.0103. The van der Waals surface area contributed by atoms with Gasteiger partial charge in [-0.3, -0.25) is 58.0 Å². The summed E-state index contributed by atoms with van der Waals surface area (Å²) in [6.45, 7) is 4.44. The Labute approximate surface area is 853 Å². The van der Waals surface area contributed by atoms with Crippen LogP contribution in [0.5, 0.6) is 0 Å². The molecule has 12 rings (SSSR count). The van der Waals surface area contributed by atoms with Crippen molar-refractivity contribution in [2.24, 2.45) is 0 Å². The molecule has 8 heterocycles. The Bertz CT molecular complexity index is 6350. The molecular formula is C92H94Cl5F5N24O20. The van der Waals surface area contributed by atoms with Gasteiger partial charge in [-0.1, -0.05) is 107 Å². The van der Waals surface area contributed by atoms with Crippen LogP contribution >= 0.6 is 58.0 Å². The average Bonchev–Trinajstić information content (AvgIpc) is 1.65. The smallest absolute Gasteiger partial charge is 0.417 e. The van der Waals surface area contributed by atoms with Crippen LogP contribution in [0.25, 0.3) is 0 Å². The highest BCUT2D eigenvalue weighted by molar-refractivity contribution is 6.35. The minimum absolute atomic E-state index is 0.00729. The summed E-state index contributed by atoms with van der Waals surface area (Å²) in [7, 11) is 12.0. The largest absolute Gasteiger partial charge is 0.460 e. The number of aryl methyl sites for hydroxylation is 4. The van der Waals surface area contributed by atoms with Crippen LogP contribution in [0.4, 0.5) is 87.2 Å². The number of benzene rings is 4. The maximum Gasteiger partial charge on any atom is 0.417 e. The van der Waals surface area contributed by atoms with Crippen molar-refractivity contribution in [1.29, 1.82) is 0 Å². The zero-order chi connectivity index (χ0) is 107. The molecule has 0 bridgehead atoms. The number of likely N-dealkylation sites (N-methyl/N-ethyl adjacent to an activating group) is 4. The van der Waals surface area contributed by atoms with Crippen LogP contribution in [0.15, 0.2) is 158 Å². The molecule has 44 nitrogen and oxygen atoms in total. The number of hydrogen-bond donors (Lipinski definition) is 8. The second-order valence-electron chi connectivity index (χ2n) is 30.5. The lowest BCUT2D eigenvalue weighted by Gasteiger charge is -2.19. The number of pyridine rings is 4. The molecule has 0 aliphatic carbocycles. The Morgan fingerprint density at radius 1 is 0.329 bits per heavy atom. The number of amides is 8. The Balaban J connectivity index is 0.000000217. The number of halogens is 10. The molecule has 0 unspecified atom stereocenters. The molecule has 0 aliphatic rings. The number of carbonyl (C=O) groups is 12. The number of nitrogens with one attached hydrogen (secondary N) is 8. The molecule has 0 radical (unpaired) electrons. The molecule has 12 aromatic rings. The molecule has 0 saturated carbocycles. The number of aromatic nitrogens is 12. The van der Waals surface area contributed by atoms with Crippen molar-refractivity contribution < 1.29 is 117 Å². The first kappa shape index (κ1) is 114. The van der Waals surface area contributed by atoms with Crippen LogP contribution in [0, 0.1) is 56.9 Å². The molecule has 8 aromatic heterocycles. The van der Waals surface area contributed by atoms with Gasteiger partial charge in [0, 0.05) is 87.4 Å². The van der Waals surface area contributed by atoms with Gasteiger partial charge in [0.25, 0.3) is 23.6 Å². The second kappa shape index (κ2) is 55.1. The Hall–Kier alpha value is -15.9. The van der Waals surface area contributed by atoms with Crippen molar-refractivity contribution in [2.75, 3.05) is 123 Å². The van der Waals surface area contributed by atoms with E-state index in [1.807, 2.05) is 13.8 Å². The van der Waals surface area contributed by atoms with Crippen molar-refractivity contribution >= 4 is 176 Å². The minimum atomic E-state index is -1.17. The SMILES string of the molecule is CNCC(=O)OCc1cccnc1N(C)C(=O)OCn1nc(C(=O)Nc2ccc(C)cc2Cl)c(F)c1Cl.CNCC(=O)OCc1cccnc1N(C)C(=O)OCn1nc(C(=O)Nc2ccc(C)cc2Cl)cc1F.CNCC(=O)OCc1cccnc1N(C)C(=O)OCn1nc(C(=O)Nc2ccc(C)cc2F)c(F)c1Cl.CNCC(=O)OCc1cccnc1N(C)C(=O)OCn1nc(C(=O)Nc2ccc(C)cc2F)cc1Cl. The van der Waals surface area contributed by atoms with Crippen molar-refractivity contribution in [3.8, 4) is 0 Å². The summed E-state index contributed by atoms with van der Waals surface area (Å²) in [6.07, 6.45) is 2.34. The summed E-state index contributed by atoms with van der Waals surface area (Å²) in [6, 6.07) is 33.6. The molecule has 0 saturated heterocycles. The minimum Gasteiger partial charge on any atom is -0.460 e. The molecule has 0 spiro atoms. The number of hydrogen-bond acceptors (Lipinski definition) is 32. The average molecular weight is 2130 g/mol. The Morgan fingerprint density at radius 2 is 0.603 bits per heavy atom. The molecule has 0 fully saturated rings. The first-order valence-electron chi connectivity index (χ1n) is 42.8. The molecule has 0 atom stereocenters. The van der Waals surface area contributed by atoms with Crippen LogP contribution in [-0.4, -0.2) is 213 Å². The Kier molecular flexibility index (Phi) is 42.9. The number of rotatable bonds is 36. The van der Waals surface area contributed by atoms with Crippen molar-refractivity contribution in [2.45, 2.75) is 81.0 Å². The van der Waals surface area contributed by atoms with E-state index in [1.165, 1.54) is 83.3 Å². The van der Waals surface area contributed by atoms with Gasteiger partial charge in [0.2, 0.25) is 5.95 Å². The molecule has 146 heavy (non-hydrogen) atoms. The van der Waals surface area contributed by atoms with E-state index < -0.39 is 150 Å². The number of anilines is 8. The molecule has 4 aromatic carbocycles. The van der Waals surface area contributed by atoms with Gasteiger partial charge < -0.3 is 80.4 Å². The second-order valence-corrected chi connectivity index (χ2v) is 32.4. The van der Waals surface area contributed by atoms with Crippen molar-refractivity contribution in [3.63, 3.8) is 0 Å². The standard InChI is InChI=1S/C23H23Cl2FN6O5.C23H23ClF2N6O5.2C23H24ClFN6O5/c1-13-6-7-16(15(24)9-13)29-22(34)19-18(26)20(25)32(30-19)12-37-23(35)31(3)21-14(5-4-8-28-21)11-36-17(33)10-27-2;1-13-6-7-16(15(25)9-13)29-22(34)19-18(26)20(24)32(30-19)12-37-23(35)31(3)21-14(5-4-8-28-21)11-36-17(33)10-27-2;1-14-6-7-17(16(25)9-14)28-22(33)18-10-19(24)31(29-18)13-36-23(34)30(3)21-15(5-4-8-27-21)12-35-20(32)11-26-2;1-14-6-7-17(16(24)9-14)28-22(33)18-10-19(25)31(29-18)13-36-23(34)30(3)21-15(5-4-8-27-21)12-35-20(32)11-26-2/h2*4-9,27H,10-12H2,1-3H3,(H,29,34);2*4-10,26H,11-13H2,1-3H3,(H,28,33). The zero-order valence-electron chi connectivity index (χ0n) is 79.6. The van der Waals surface area contributed by atoms with Crippen LogP contribution in [-0.2, 0) is 110 Å². The summed E-state index contributed by atoms with van der Waals surface area (Å²) < 4.78 is 116. The van der Waals surface area contributed by atoms with E-state index in [0.717, 1.165) is 55.5 Å². The third-order valence-corrected chi connectivity index (χ3v) is 21.1. The van der Waals surface area contributed by atoms with Crippen LogP contribution < -0.4 is 62.1 Å². The summed E-state index contributed by atoms with van der Waals surface area (Å²) >= 11 is 30.2. The molecular weight excluding hydrogens is 2030 g/mol. The van der Waals surface area contributed by atoms with Gasteiger partial charge in [-0.25, -0.2) is 75.4 Å². The highest BCUT2D eigenvalue weighted by atomic mass is 35.5. The normalized spacial score (nSPS) is 10.6. The molecule has 8 amide bonds. The lowest BCUT2D eigenvalue weighted by molar-refractivity contribution is -0.144. The zero-order valence-corrected chi connectivity index (χ0v) is 83.4. The van der Waals surface area contributed by atoms with Crippen LogP contribution in [0.2, 0.25) is 25.5 Å². The summed E-state index contributed by atoms with van der Waals surface area (Å²) in [5, 5.41) is 35.3. The lowest BCUT2D eigenvalue weighted by Crippen LogP contribution is -2.30. The maximum atomic E-state index is 14.6. The van der Waals surface area contributed by atoms with E-state index in [4.69, 9.17) is 95.9 Å². The van der Waals surface area contributed by atoms with Crippen molar-refractivity contribution in [1.82, 2.24) is 80.3 Å². The highest BCUT2D eigenvalue weighted by Crippen LogP contribution is 2.31. The van der Waals surface area contributed by atoms with E-state index in [2.05, 4.69) is 82.9 Å². The summed E-state index contributed by atoms with van der Waals surface area (Å²) in [5.41, 5.74) is 3.72. The van der Waals surface area contributed by atoms with Gasteiger partial charge in [-0.15, -0.1) is 0 Å². The summed E-state index contributed by atoms with van der Waals surface area (Å²) in [5.74, 6) is -8.93. The van der Waals surface area contributed by atoms with E-state index in [1.54, 1.807) is 139 Å². The first-order valence-corrected chi connectivity index (χ1v) is 44.7. The fourth-order valence-electron chi connectivity index (χ4n) is 12.1. The number of esters is 4. The Morgan fingerprint density at radius 3 is 0.918 bits per heavy atom. The predicted octanol–water partition coefficient (Wildman–Crippen LogP) is 13.3. The highest BCUT2D eigenvalue weighted by Gasteiger charge is 2.31. The number of ether oxygens (including phenoxy) is 8. The van der Waals surface area contributed by atoms with Gasteiger partial charge in [-0.2, -0.15) is 24.8 Å². The molecule has 0 aliphatic heterocycles. The predicted molar refractivity (Wildman–Crippen MR) is 522 cm³/mol. The molecule has 54 heteroatoms. The molecule has 8 N–H and O–H groups in total. The topological polar surface area (TPSA) is 511 Å². The number of carbonyl (C=O) groups excluding carboxylic acids is 12. The van der Waals surface area contributed by atoms with E-state index in [0.29, 0.717) is 44.1 Å². The van der Waals surface area contributed by atoms with Crippen LogP contribution in [0.3, 0.4) is 0 Å². The van der Waals surface area contributed by atoms with Gasteiger partial charge >= 0.3 is 48.3 Å². The maximum absolute atomic E-state index is 14.6. The monoisotopic (exact) mass is 2120 g/mol. The van der Waals surface area contributed by atoms with Crippen LogP contribution in [0.1, 0.15) is 86.5 Å². The van der Waals surface area contributed by atoms with Gasteiger partial charge in [0.1, 0.15) is 66.5 Å². The number of nitrogens with zero attached hydrogens (tertiary/aromatic N) is 16. The third-order valence-electron chi connectivity index (χ3n) is 19.4. The fraction of sp³-hybridized carbons (Fsp3) is 0.261. The lowest BCUT2D eigenvalue weighted by atomic mass is 10.2. The first-order chi connectivity index (χ1) is 69.6. The third kappa shape index (κ3) is 32.6. The van der Waals surface area contributed by atoms with E-state index in [9.17, 15) is 79.5 Å². The summed E-state index contributed by atoms with van der Waals surface area (Å²) in [4.78, 5) is 168. The van der Waals surface area contributed by atoms with Gasteiger partial charge in [0.15, 0.2) is 71.6 Å². The van der Waals surface area contributed by atoms with Gasteiger partial charge in [0.05, 0.1) is 59.0 Å². The van der Waals surface area contributed by atoms with E-state index >= 15 is 0 Å². The fourth-order valence-corrected chi connectivity index (χ4v) is 13.2.